The number of Topliss-reactive ketones (excluding diaryl/α,β-unsaturated/α-hetero) is 2. The Balaban J connectivity index is 1.78. The number of thioether (sulfide) groups is 1. The SMILES string of the molecule is CCC(C)C(=O)CCSC1CC(=O)N(CC2CCC(C(=O)C(C)C)CC2)C1=O. The van der Waals surface area contributed by atoms with Crippen molar-refractivity contribution >= 4 is 35.1 Å². The Labute approximate surface area is 173 Å². The van der Waals surface area contributed by atoms with E-state index in [1.807, 2.05) is 27.7 Å². The third-order valence-electron chi connectivity index (χ3n) is 6.29. The van der Waals surface area contributed by atoms with Crippen molar-refractivity contribution in [1.82, 2.24) is 4.90 Å². The summed E-state index contributed by atoms with van der Waals surface area (Å²) in [5.74, 6) is 1.59. The van der Waals surface area contributed by atoms with Gasteiger partial charge < -0.3 is 0 Å². The van der Waals surface area contributed by atoms with Crippen LogP contribution in [0.15, 0.2) is 0 Å². The fourth-order valence-electron chi connectivity index (χ4n) is 4.11. The lowest BCUT2D eigenvalue weighted by molar-refractivity contribution is -0.139. The first-order chi connectivity index (χ1) is 13.2. The lowest BCUT2D eigenvalue weighted by Gasteiger charge is -2.30. The van der Waals surface area contributed by atoms with Crippen molar-refractivity contribution in [3.8, 4) is 0 Å². The molecule has 2 aliphatic rings. The third kappa shape index (κ3) is 5.91. The minimum Gasteiger partial charge on any atom is -0.299 e. The van der Waals surface area contributed by atoms with Gasteiger partial charge in [-0.15, -0.1) is 11.8 Å². The summed E-state index contributed by atoms with van der Waals surface area (Å²) in [6.45, 7) is 8.32. The van der Waals surface area contributed by atoms with Gasteiger partial charge in [0.1, 0.15) is 11.6 Å². The van der Waals surface area contributed by atoms with Gasteiger partial charge in [0.15, 0.2) is 0 Å². The first-order valence-electron chi connectivity index (χ1n) is 10.8. The monoisotopic (exact) mass is 409 g/mol. The molecule has 158 valence electrons. The zero-order chi connectivity index (χ0) is 20.8. The van der Waals surface area contributed by atoms with Crippen LogP contribution in [0.2, 0.25) is 0 Å². The van der Waals surface area contributed by atoms with Crippen molar-refractivity contribution in [1.29, 1.82) is 0 Å². The number of carbonyl (C=O) groups is 4. The number of hydrogen-bond acceptors (Lipinski definition) is 5. The van der Waals surface area contributed by atoms with Gasteiger partial charge in [-0.05, 0) is 38.0 Å². The molecule has 6 heteroatoms. The molecule has 0 aromatic carbocycles. The van der Waals surface area contributed by atoms with Crippen LogP contribution in [0.4, 0.5) is 0 Å². The lowest BCUT2D eigenvalue weighted by atomic mass is 9.77. The molecule has 2 amide bonds. The summed E-state index contributed by atoms with van der Waals surface area (Å²) in [6, 6.07) is 0. The van der Waals surface area contributed by atoms with Crippen molar-refractivity contribution in [3.05, 3.63) is 0 Å². The number of imide groups is 1. The maximum atomic E-state index is 12.7. The van der Waals surface area contributed by atoms with Crippen molar-refractivity contribution < 1.29 is 19.2 Å². The fraction of sp³-hybridized carbons (Fsp3) is 0.818. The van der Waals surface area contributed by atoms with Crippen LogP contribution in [0.25, 0.3) is 0 Å². The third-order valence-corrected chi connectivity index (χ3v) is 7.50. The summed E-state index contributed by atoms with van der Waals surface area (Å²) in [7, 11) is 0. The molecule has 2 rings (SSSR count). The molecule has 1 aliphatic heterocycles. The fourth-order valence-corrected chi connectivity index (χ4v) is 5.24. The van der Waals surface area contributed by atoms with Gasteiger partial charge in [-0.2, -0.15) is 0 Å². The molecule has 1 saturated carbocycles. The molecule has 1 saturated heterocycles. The Hall–Kier alpha value is -1.17. The number of ketones is 2. The average molecular weight is 410 g/mol. The van der Waals surface area contributed by atoms with E-state index in [9.17, 15) is 19.2 Å². The first kappa shape index (κ1) is 23.1. The van der Waals surface area contributed by atoms with Gasteiger partial charge in [-0.25, -0.2) is 0 Å². The predicted octanol–water partition coefficient (Wildman–Crippen LogP) is 3.88. The number of amides is 2. The summed E-state index contributed by atoms with van der Waals surface area (Å²) >= 11 is 1.45. The molecule has 0 N–H and O–H groups in total. The normalized spacial score (nSPS) is 26.8. The van der Waals surface area contributed by atoms with E-state index in [1.54, 1.807) is 0 Å². The van der Waals surface area contributed by atoms with Crippen LogP contribution in [0, 0.1) is 23.7 Å². The van der Waals surface area contributed by atoms with E-state index in [4.69, 9.17) is 0 Å². The van der Waals surface area contributed by atoms with E-state index < -0.39 is 0 Å². The Morgan fingerprint density at radius 1 is 1.11 bits per heavy atom. The minimum atomic E-state index is -0.337. The van der Waals surface area contributed by atoms with Gasteiger partial charge >= 0.3 is 0 Å². The number of carbonyl (C=O) groups excluding carboxylic acids is 4. The zero-order valence-corrected chi connectivity index (χ0v) is 18.6. The highest BCUT2D eigenvalue weighted by Gasteiger charge is 2.40. The first-order valence-corrected chi connectivity index (χ1v) is 11.8. The molecule has 0 bridgehead atoms. The van der Waals surface area contributed by atoms with Gasteiger partial charge in [-0.3, -0.25) is 24.1 Å². The molecule has 0 aromatic heterocycles. The summed E-state index contributed by atoms with van der Waals surface area (Å²) < 4.78 is 0. The predicted molar refractivity (Wildman–Crippen MR) is 112 cm³/mol. The van der Waals surface area contributed by atoms with Gasteiger partial charge in [-0.1, -0.05) is 27.7 Å². The maximum Gasteiger partial charge on any atom is 0.242 e. The van der Waals surface area contributed by atoms with Crippen molar-refractivity contribution in [2.75, 3.05) is 12.3 Å². The standard InChI is InChI=1S/C22H35NO4S/c1-5-15(4)18(24)10-11-28-19-12-20(25)23(22(19)27)13-16-6-8-17(9-7-16)21(26)14(2)3/h14-17,19H,5-13H2,1-4H3. The van der Waals surface area contributed by atoms with Crippen molar-refractivity contribution in [2.24, 2.45) is 23.7 Å². The van der Waals surface area contributed by atoms with Crippen LogP contribution in [-0.2, 0) is 19.2 Å². The Morgan fingerprint density at radius 3 is 2.32 bits per heavy atom. The molecule has 0 aromatic rings. The Kier molecular flexibility index (Phi) is 8.72. The summed E-state index contributed by atoms with van der Waals surface area (Å²) in [5, 5.41) is -0.337. The summed E-state index contributed by atoms with van der Waals surface area (Å²) in [4.78, 5) is 50.5. The van der Waals surface area contributed by atoms with Crippen molar-refractivity contribution in [2.45, 2.75) is 77.9 Å². The van der Waals surface area contributed by atoms with Crippen LogP contribution in [0.5, 0.6) is 0 Å². The second-order valence-electron chi connectivity index (χ2n) is 8.71. The minimum absolute atomic E-state index is 0.0655. The molecule has 28 heavy (non-hydrogen) atoms. The second kappa shape index (κ2) is 10.6. The Morgan fingerprint density at radius 2 is 1.75 bits per heavy atom. The molecule has 2 unspecified atom stereocenters. The molecule has 5 nitrogen and oxygen atoms in total. The highest BCUT2D eigenvalue weighted by molar-refractivity contribution is 8.00. The number of likely N-dealkylation sites (tertiary alicyclic amines) is 1. The van der Waals surface area contributed by atoms with Crippen LogP contribution in [-0.4, -0.2) is 45.8 Å². The molecule has 1 aliphatic carbocycles. The van der Waals surface area contributed by atoms with Crippen LogP contribution < -0.4 is 0 Å². The van der Waals surface area contributed by atoms with Crippen LogP contribution in [0.1, 0.15) is 72.6 Å². The summed E-state index contributed by atoms with van der Waals surface area (Å²) in [5.41, 5.74) is 0. The van der Waals surface area contributed by atoms with Crippen LogP contribution in [0.3, 0.4) is 0 Å². The molecule has 1 heterocycles. The molecule has 0 spiro atoms. The van der Waals surface area contributed by atoms with E-state index in [-0.39, 0.29) is 47.0 Å². The van der Waals surface area contributed by atoms with E-state index in [0.29, 0.717) is 30.4 Å². The van der Waals surface area contributed by atoms with Crippen LogP contribution >= 0.6 is 11.8 Å². The zero-order valence-electron chi connectivity index (χ0n) is 17.7. The Bertz CT molecular complexity index is 595. The molecule has 0 radical (unpaired) electrons. The van der Waals surface area contributed by atoms with Crippen molar-refractivity contribution in [3.63, 3.8) is 0 Å². The van der Waals surface area contributed by atoms with Gasteiger partial charge in [0, 0.05) is 42.9 Å². The lowest BCUT2D eigenvalue weighted by Crippen LogP contribution is -2.37. The second-order valence-corrected chi connectivity index (χ2v) is 10.0. The molecule has 2 fully saturated rings. The molecular formula is C22H35NO4S. The van der Waals surface area contributed by atoms with E-state index >= 15 is 0 Å². The highest BCUT2D eigenvalue weighted by Crippen LogP contribution is 2.33. The highest BCUT2D eigenvalue weighted by atomic mass is 32.2. The largest absolute Gasteiger partial charge is 0.299 e. The number of hydrogen-bond donors (Lipinski definition) is 0. The quantitative estimate of drug-likeness (QED) is 0.512. The topological polar surface area (TPSA) is 71.5 Å². The van der Waals surface area contributed by atoms with Gasteiger partial charge in [0.25, 0.3) is 0 Å². The number of rotatable bonds is 10. The van der Waals surface area contributed by atoms with Gasteiger partial charge in [0.2, 0.25) is 11.8 Å². The van der Waals surface area contributed by atoms with E-state index in [2.05, 4.69) is 0 Å². The average Bonchev–Trinajstić information content (AvgIpc) is 2.94. The van der Waals surface area contributed by atoms with Gasteiger partial charge in [0.05, 0.1) is 5.25 Å². The van der Waals surface area contributed by atoms with E-state index in [1.165, 1.54) is 16.7 Å². The number of nitrogens with zero attached hydrogens (tertiary/aromatic N) is 1. The smallest absolute Gasteiger partial charge is 0.242 e. The maximum absolute atomic E-state index is 12.7. The molecular weight excluding hydrogens is 374 g/mol. The summed E-state index contributed by atoms with van der Waals surface area (Å²) in [6.07, 6.45) is 5.10. The van der Waals surface area contributed by atoms with E-state index in [0.717, 1.165) is 32.1 Å². The molecule has 2 atom stereocenters.